The van der Waals surface area contributed by atoms with Crippen molar-refractivity contribution in [1.29, 1.82) is 0 Å². The number of hydrogen-bond acceptors (Lipinski definition) is 3. The number of benzene rings is 2. The number of aromatic nitrogens is 2. The van der Waals surface area contributed by atoms with Gasteiger partial charge in [0, 0.05) is 12.7 Å². The molecule has 0 amide bonds. The molecule has 0 radical (unpaired) electrons. The van der Waals surface area contributed by atoms with E-state index in [-0.39, 0.29) is 0 Å². The minimum Gasteiger partial charge on any atom is -0.380 e. The van der Waals surface area contributed by atoms with Crippen molar-refractivity contribution >= 4 is 28.6 Å². The van der Waals surface area contributed by atoms with E-state index in [1.165, 1.54) is 0 Å². The van der Waals surface area contributed by atoms with Gasteiger partial charge in [-0.1, -0.05) is 35.9 Å². The Hall–Kier alpha value is -2.04. The minimum atomic E-state index is 0.414. The van der Waals surface area contributed by atoms with E-state index >= 15 is 0 Å². The van der Waals surface area contributed by atoms with Crippen molar-refractivity contribution in [3.8, 4) is 5.69 Å². The SMILES string of the molecule is COCc1ccccc1-n1c(N)nc2cccc(Cl)c21. The summed E-state index contributed by atoms with van der Waals surface area (Å²) in [5, 5.41) is 0.624. The highest BCUT2D eigenvalue weighted by molar-refractivity contribution is 6.35. The van der Waals surface area contributed by atoms with Crippen molar-refractivity contribution < 1.29 is 4.74 Å². The summed E-state index contributed by atoms with van der Waals surface area (Å²) < 4.78 is 7.11. The minimum absolute atomic E-state index is 0.414. The molecule has 0 aliphatic rings. The Bertz CT molecular complexity index is 767. The van der Waals surface area contributed by atoms with Crippen LogP contribution in [0.4, 0.5) is 5.95 Å². The Morgan fingerprint density at radius 2 is 2.00 bits per heavy atom. The number of nitrogens with two attached hydrogens (primary N) is 1. The maximum atomic E-state index is 6.31. The van der Waals surface area contributed by atoms with Gasteiger partial charge >= 0.3 is 0 Å². The quantitative estimate of drug-likeness (QED) is 0.803. The molecule has 1 aromatic heterocycles. The van der Waals surface area contributed by atoms with Crippen LogP contribution in [0, 0.1) is 0 Å². The molecule has 0 unspecified atom stereocenters. The average Bonchev–Trinajstić information content (AvgIpc) is 2.77. The monoisotopic (exact) mass is 287 g/mol. The van der Waals surface area contributed by atoms with Crippen molar-refractivity contribution in [2.24, 2.45) is 0 Å². The van der Waals surface area contributed by atoms with E-state index in [4.69, 9.17) is 22.1 Å². The number of halogens is 1. The number of rotatable bonds is 3. The molecule has 0 aliphatic carbocycles. The van der Waals surface area contributed by atoms with E-state index in [0.717, 1.165) is 22.3 Å². The Morgan fingerprint density at radius 1 is 1.20 bits per heavy atom. The lowest BCUT2D eigenvalue weighted by Gasteiger charge is -2.12. The third-order valence-electron chi connectivity index (χ3n) is 3.19. The Balaban J connectivity index is 2.32. The molecular formula is C15H14ClN3O. The molecule has 0 atom stereocenters. The molecule has 0 aliphatic heterocycles. The molecule has 0 saturated carbocycles. The molecule has 2 aromatic carbocycles. The Morgan fingerprint density at radius 3 is 2.80 bits per heavy atom. The van der Waals surface area contributed by atoms with Gasteiger partial charge in [-0.3, -0.25) is 4.57 Å². The number of anilines is 1. The van der Waals surface area contributed by atoms with Crippen LogP contribution in [0.25, 0.3) is 16.7 Å². The normalized spacial score (nSPS) is 11.1. The van der Waals surface area contributed by atoms with Crippen LogP contribution in [0.1, 0.15) is 5.56 Å². The van der Waals surface area contributed by atoms with Crippen molar-refractivity contribution in [1.82, 2.24) is 9.55 Å². The topological polar surface area (TPSA) is 53.1 Å². The van der Waals surface area contributed by atoms with Crippen LogP contribution in [-0.2, 0) is 11.3 Å². The highest BCUT2D eigenvalue weighted by Crippen LogP contribution is 2.30. The van der Waals surface area contributed by atoms with Crippen LogP contribution in [0.2, 0.25) is 5.02 Å². The zero-order valence-electron chi connectivity index (χ0n) is 11.0. The number of ether oxygens (including phenoxy) is 1. The number of nitrogen functional groups attached to an aromatic ring is 1. The number of para-hydroxylation sites is 2. The number of fused-ring (bicyclic) bond motifs is 1. The van der Waals surface area contributed by atoms with Gasteiger partial charge in [-0.2, -0.15) is 0 Å². The second kappa shape index (κ2) is 5.15. The van der Waals surface area contributed by atoms with Gasteiger partial charge in [0.25, 0.3) is 0 Å². The highest BCUT2D eigenvalue weighted by atomic mass is 35.5. The van der Waals surface area contributed by atoms with Gasteiger partial charge in [0.15, 0.2) is 0 Å². The first-order valence-corrected chi connectivity index (χ1v) is 6.60. The van der Waals surface area contributed by atoms with Gasteiger partial charge < -0.3 is 10.5 Å². The fraction of sp³-hybridized carbons (Fsp3) is 0.133. The lowest BCUT2D eigenvalue weighted by Crippen LogP contribution is -2.04. The maximum absolute atomic E-state index is 6.31. The third-order valence-corrected chi connectivity index (χ3v) is 3.49. The average molecular weight is 288 g/mol. The van der Waals surface area contributed by atoms with Gasteiger partial charge in [0.1, 0.15) is 0 Å². The summed E-state index contributed by atoms with van der Waals surface area (Å²) in [6.07, 6.45) is 0. The molecule has 0 fully saturated rings. The number of methoxy groups -OCH3 is 1. The first-order chi connectivity index (χ1) is 9.72. The summed E-state index contributed by atoms with van der Waals surface area (Å²) in [6, 6.07) is 13.5. The van der Waals surface area contributed by atoms with Crippen LogP contribution >= 0.6 is 11.6 Å². The largest absolute Gasteiger partial charge is 0.380 e. The maximum Gasteiger partial charge on any atom is 0.205 e. The smallest absolute Gasteiger partial charge is 0.205 e. The summed E-state index contributed by atoms with van der Waals surface area (Å²) in [5.41, 5.74) is 9.63. The van der Waals surface area contributed by atoms with Crippen molar-refractivity contribution in [2.45, 2.75) is 6.61 Å². The zero-order valence-corrected chi connectivity index (χ0v) is 11.8. The van der Waals surface area contributed by atoms with E-state index in [9.17, 15) is 0 Å². The molecular weight excluding hydrogens is 274 g/mol. The van der Waals surface area contributed by atoms with Gasteiger partial charge in [-0.25, -0.2) is 4.98 Å². The summed E-state index contributed by atoms with van der Waals surface area (Å²) in [7, 11) is 1.67. The molecule has 3 aromatic rings. The van der Waals surface area contributed by atoms with Crippen LogP contribution in [0.15, 0.2) is 42.5 Å². The molecule has 3 rings (SSSR count). The van der Waals surface area contributed by atoms with Gasteiger partial charge in [0.2, 0.25) is 5.95 Å². The number of imidazole rings is 1. The zero-order chi connectivity index (χ0) is 14.1. The lowest BCUT2D eigenvalue weighted by atomic mass is 10.2. The highest BCUT2D eigenvalue weighted by Gasteiger charge is 2.15. The molecule has 0 saturated heterocycles. The second-order valence-electron chi connectivity index (χ2n) is 4.47. The summed E-state index contributed by atoms with van der Waals surface area (Å²) in [6.45, 7) is 0.500. The van der Waals surface area contributed by atoms with Crippen LogP contribution < -0.4 is 5.73 Å². The van der Waals surface area contributed by atoms with Crippen molar-refractivity contribution in [3.63, 3.8) is 0 Å². The molecule has 0 bridgehead atoms. The number of nitrogens with zero attached hydrogens (tertiary/aromatic N) is 2. The van der Waals surface area contributed by atoms with Crippen molar-refractivity contribution in [2.75, 3.05) is 12.8 Å². The standard InChI is InChI=1S/C15H14ClN3O/c1-20-9-10-5-2-3-8-13(10)19-14-11(16)6-4-7-12(14)18-15(19)17/h2-8H,9H2,1H3,(H2,17,18). The molecule has 5 heteroatoms. The lowest BCUT2D eigenvalue weighted by molar-refractivity contribution is 0.185. The molecule has 4 nitrogen and oxygen atoms in total. The molecule has 1 heterocycles. The van der Waals surface area contributed by atoms with Gasteiger partial charge in [-0.15, -0.1) is 0 Å². The predicted molar refractivity (Wildman–Crippen MR) is 81.2 cm³/mol. The Kier molecular flexibility index (Phi) is 3.34. The van der Waals surface area contributed by atoms with Crippen LogP contribution in [0.3, 0.4) is 0 Å². The fourth-order valence-corrected chi connectivity index (χ4v) is 2.61. The van der Waals surface area contributed by atoms with Crippen molar-refractivity contribution in [3.05, 3.63) is 53.1 Å². The van der Waals surface area contributed by atoms with E-state index in [1.807, 2.05) is 47.0 Å². The van der Waals surface area contributed by atoms with Crippen LogP contribution in [-0.4, -0.2) is 16.7 Å². The van der Waals surface area contributed by atoms with Gasteiger partial charge in [-0.05, 0) is 18.2 Å². The molecule has 20 heavy (non-hydrogen) atoms. The van der Waals surface area contributed by atoms with E-state index in [2.05, 4.69) is 4.98 Å². The molecule has 102 valence electrons. The number of hydrogen-bond donors (Lipinski definition) is 1. The Labute approximate surface area is 121 Å². The first kappa shape index (κ1) is 13.0. The fourth-order valence-electron chi connectivity index (χ4n) is 2.35. The first-order valence-electron chi connectivity index (χ1n) is 6.22. The van der Waals surface area contributed by atoms with E-state index in [1.54, 1.807) is 7.11 Å². The van der Waals surface area contributed by atoms with E-state index in [0.29, 0.717) is 17.6 Å². The van der Waals surface area contributed by atoms with Crippen LogP contribution in [0.5, 0.6) is 0 Å². The molecule has 2 N–H and O–H groups in total. The summed E-state index contributed by atoms with van der Waals surface area (Å²) in [4.78, 5) is 4.37. The molecule has 0 spiro atoms. The summed E-state index contributed by atoms with van der Waals surface area (Å²) >= 11 is 6.31. The predicted octanol–water partition coefficient (Wildman–Crippen LogP) is 3.41. The van der Waals surface area contributed by atoms with Gasteiger partial charge in [0.05, 0.1) is 28.4 Å². The summed E-state index contributed by atoms with van der Waals surface area (Å²) in [5.74, 6) is 0.414. The third kappa shape index (κ3) is 2.03. The van der Waals surface area contributed by atoms with E-state index < -0.39 is 0 Å². The second-order valence-corrected chi connectivity index (χ2v) is 4.88.